The maximum atomic E-state index is 12.6. The van der Waals surface area contributed by atoms with Gasteiger partial charge in [-0.1, -0.05) is 6.07 Å². The zero-order valence-corrected chi connectivity index (χ0v) is 11.0. The smallest absolute Gasteiger partial charge is 0.383 e. The number of rotatable bonds is 1. The van der Waals surface area contributed by atoms with Gasteiger partial charge in [0.2, 0.25) is 0 Å². The first-order valence-corrected chi connectivity index (χ1v) is 6.40. The summed E-state index contributed by atoms with van der Waals surface area (Å²) in [6, 6.07) is 3.64. The van der Waals surface area contributed by atoms with Gasteiger partial charge >= 0.3 is 6.18 Å². The first-order valence-electron chi connectivity index (χ1n) is 5.52. The van der Waals surface area contributed by atoms with Crippen LogP contribution in [-0.2, 0) is 6.18 Å². The maximum absolute atomic E-state index is 12.6. The fraction of sp³-hybridized carbons (Fsp3) is 0.182. The van der Waals surface area contributed by atoms with E-state index in [0.717, 1.165) is 9.39 Å². The van der Waals surface area contributed by atoms with Crippen molar-refractivity contribution in [2.24, 2.45) is 0 Å². The summed E-state index contributed by atoms with van der Waals surface area (Å²) in [6.07, 6.45) is -4.63. The van der Waals surface area contributed by atoms with E-state index in [1.165, 1.54) is 11.3 Å². The second kappa shape index (κ2) is 4.17. The highest BCUT2D eigenvalue weighted by molar-refractivity contribution is 7.13. The van der Waals surface area contributed by atoms with Crippen LogP contribution in [0.15, 0.2) is 17.5 Å². The highest BCUT2D eigenvalue weighted by Gasteiger charge is 2.37. The lowest BCUT2D eigenvalue weighted by Crippen LogP contribution is -2.08. The molecule has 0 fully saturated rings. The molecule has 0 aliphatic carbocycles. The number of halogens is 3. The van der Waals surface area contributed by atoms with Crippen LogP contribution in [0, 0.1) is 6.92 Å². The van der Waals surface area contributed by atoms with Gasteiger partial charge in [-0.2, -0.15) is 22.7 Å². The normalized spacial score (nSPS) is 12.2. The predicted molar refractivity (Wildman–Crippen MR) is 68.2 cm³/mol. The van der Waals surface area contributed by atoms with Gasteiger partial charge in [0.1, 0.15) is 5.82 Å². The van der Waals surface area contributed by atoms with E-state index in [1.807, 2.05) is 17.5 Å². The minimum Gasteiger partial charge on any atom is -0.383 e. The number of anilines is 1. The molecule has 0 saturated carbocycles. The monoisotopic (exact) mass is 299 g/mol. The van der Waals surface area contributed by atoms with Crippen LogP contribution in [-0.4, -0.2) is 19.6 Å². The summed E-state index contributed by atoms with van der Waals surface area (Å²) in [5.74, 6) is -1.31. The van der Waals surface area contributed by atoms with Gasteiger partial charge < -0.3 is 5.73 Å². The molecule has 3 aromatic rings. The summed E-state index contributed by atoms with van der Waals surface area (Å²) >= 11 is 1.42. The zero-order valence-electron chi connectivity index (χ0n) is 10.1. The molecule has 0 unspecified atom stereocenters. The quantitative estimate of drug-likeness (QED) is 0.750. The van der Waals surface area contributed by atoms with Crippen molar-refractivity contribution in [2.45, 2.75) is 13.1 Å². The topological polar surface area (TPSA) is 69.1 Å². The minimum absolute atomic E-state index is 0.0953. The molecule has 2 N–H and O–H groups in total. The van der Waals surface area contributed by atoms with Crippen LogP contribution in [0.25, 0.3) is 16.2 Å². The molecule has 5 nitrogen and oxygen atoms in total. The number of nitrogens with zero attached hydrogens (tertiary/aromatic N) is 4. The maximum Gasteiger partial charge on any atom is 0.453 e. The number of thiophene rings is 1. The fourth-order valence-electron chi connectivity index (χ4n) is 1.88. The number of alkyl halides is 3. The number of nitrogens with two attached hydrogens (primary N) is 1. The molecule has 20 heavy (non-hydrogen) atoms. The second-order valence-electron chi connectivity index (χ2n) is 4.08. The molecule has 0 amide bonds. The summed E-state index contributed by atoms with van der Waals surface area (Å²) in [6.45, 7) is 1.67. The summed E-state index contributed by atoms with van der Waals surface area (Å²) in [5, 5.41) is 5.24. The average molecular weight is 299 g/mol. The number of hydrogen-bond donors (Lipinski definition) is 1. The zero-order chi connectivity index (χ0) is 14.5. The van der Waals surface area contributed by atoms with Crippen molar-refractivity contribution >= 4 is 22.9 Å². The predicted octanol–water partition coefficient (Wildman–Crippen LogP) is 2.76. The van der Waals surface area contributed by atoms with Gasteiger partial charge in [-0.15, -0.1) is 16.4 Å². The Morgan fingerprint density at radius 2 is 2.05 bits per heavy atom. The Labute approximate surface area is 114 Å². The van der Waals surface area contributed by atoms with Crippen molar-refractivity contribution in [3.63, 3.8) is 0 Å². The van der Waals surface area contributed by atoms with E-state index in [4.69, 9.17) is 5.73 Å². The number of hydrogen-bond acceptors (Lipinski definition) is 5. The fourth-order valence-corrected chi connectivity index (χ4v) is 2.71. The molecule has 9 heteroatoms. The third kappa shape index (κ3) is 1.90. The van der Waals surface area contributed by atoms with Gasteiger partial charge in [0.15, 0.2) is 0 Å². The Morgan fingerprint density at radius 3 is 2.65 bits per heavy atom. The Morgan fingerprint density at radius 1 is 1.30 bits per heavy atom. The molecular weight excluding hydrogens is 291 g/mol. The van der Waals surface area contributed by atoms with Gasteiger partial charge in [-0.3, -0.25) is 0 Å². The van der Waals surface area contributed by atoms with E-state index in [9.17, 15) is 13.2 Å². The lowest BCUT2D eigenvalue weighted by atomic mass is 10.2. The second-order valence-corrected chi connectivity index (χ2v) is 5.03. The first-order chi connectivity index (χ1) is 9.38. The van der Waals surface area contributed by atoms with Crippen molar-refractivity contribution in [1.29, 1.82) is 0 Å². The van der Waals surface area contributed by atoms with Crippen LogP contribution >= 0.6 is 11.3 Å². The molecule has 0 aliphatic heterocycles. The lowest BCUT2D eigenvalue weighted by Gasteiger charge is -2.07. The molecular formula is C11H8F3N5S. The molecule has 104 valence electrons. The Kier molecular flexibility index (Phi) is 2.68. The number of nitrogen functional groups attached to an aromatic ring is 1. The molecule has 0 bridgehead atoms. The average Bonchev–Trinajstić information content (AvgIpc) is 2.96. The highest BCUT2D eigenvalue weighted by atomic mass is 32.1. The highest BCUT2D eigenvalue weighted by Crippen LogP contribution is 2.33. The molecule has 3 rings (SSSR count). The Hall–Kier alpha value is -2.16. The van der Waals surface area contributed by atoms with E-state index in [2.05, 4.69) is 15.1 Å². The van der Waals surface area contributed by atoms with Crippen LogP contribution < -0.4 is 5.73 Å². The largest absolute Gasteiger partial charge is 0.453 e. The van der Waals surface area contributed by atoms with Crippen molar-refractivity contribution < 1.29 is 13.2 Å². The molecule has 0 spiro atoms. The molecule has 0 saturated heterocycles. The SMILES string of the molecule is Cc1nc2nc(C(F)(F)F)nn2c(N)c1-c1cccs1. The van der Waals surface area contributed by atoms with E-state index in [1.54, 1.807) is 6.92 Å². The minimum atomic E-state index is -4.63. The standard InChI is InChI=1S/C11H8F3N5S/c1-5-7(6-3-2-4-20-6)8(15)19-10(16-5)17-9(18-19)11(12,13)14/h2-4H,15H2,1H3. The summed E-state index contributed by atoms with van der Waals surface area (Å²) in [5.41, 5.74) is 7.02. The van der Waals surface area contributed by atoms with Crippen molar-refractivity contribution in [3.8, 4) is 10.4 Å². The lowest BCUT2D eigenvalue weighted by molar-refractivity contribution is -0.144. The van der Waals surface area contributed by atoms with Crippen LogP contribution in [0.1, 0.15) is 11.5 Å². The van der Waals surface area contributed by atoms with Gasteiger partial charge in [-0.25, -0.2) is 4.98 Å². The number of aromatic nitrogens is 4. The Bertz CT molecular complexity index is 776. The first kappa shape index (κ1) is 12.9. The number of fused-ring (bicyclic) bond motifs is 1. The molecule has 0 aromatic carbocycles. The van der Waals surface area contributed by atoms with Crippen LogP contribution in [0.4, 0.5) is 19.0 Å². The van der Waals surface area contributed by atoms with Gasteiger partial charge in [-0.05, 0) is 18.4 Å². The van der Waals surface area contributed by atoms with Crippen LogP contribution in [0.2, 0.25) is 0 Å². The summed E-state index contributed by atoms with van der Waals surface area (Å²) in [4.78, 5) is 8.23. The van der Waals surface area contributed by atoms with E-state index in [-0.39, 0.29) is 11.6 Å². The van der Waals surface area contributed by atoms with Gasteiger partial charge in [0, 0.05) is 4.88 Å². The van der Waals surface area contributed by atoms with E-state index < -0.39 is 12.0 Å². The van der Waals surface area contributed by atoms with E-state index in [0.29, 0.717) is 11.3 Å². The van der Waals surface area contributed by atoms with Crippen molar-refractivity contribution in [3.05, 3.63) is 29.0 Å². The molecule has 3 aromatic heterocycles. The van der Waals surface area contributed by atoms with E-state index >= 15 is 0 Å². The molecule has 3 heterocycles. The van der Waals surface area contributed by atoms with Crippen molar-refractivity contribution in [2.75, 3.05) is 5.73 Å². The third-order valence-corrected chi connectivity index (χ3v) is 3.61. The number of aryl methyl sites for hydroxylation is 1. The van der Waals surface area contributed by atoms with Gasteiger partial charge in [0.05, 0.1) is 11.3 Å². The van der Waals surface area contributed by atoms with Crippen LogP contribution in [0.3, 0.4) is 0 Å². The van der Waals surface area contributed by atoms with Crippen LogP contribution in [0.5, 0.6) is 0 Å². The van der Waals surface area contributed by atoms with Gasteiger partial charge in [0.25, 0.3) is 11.6 Å². The summed E-state index contributed by atoms with van der Waals surface area (Å²) < 4.78 is 38.8. The molecule has 0 radical (unpaired) electrons. The molecule has 0 aliphatic rings. The third-order valence-electron chi connectivity index (χ3n) is 2.73. The summed E-state index contributed by atoms with van der Waals surface area (Å²) in [7, 11) is 0. The van der Waals surface area contributed by atoms with Crippen molar-refractivity contribution in [1.82, 2.24) is 19.6 Å². The molecule has 0 atom stereocenters. The Balaban J connectivity index is 2.30.